The highest BCUT2D eigenvalue weighted by Crippen LogP contribution is 2.30. The van der Waals surface area contributed by atoms with Crippen molar-refractivity contribution in [2.45, 2.75) is 36.8 Å². The predicted octanol–water partition coefficient (Wildman–Crippen LogP) is 2.57. The summed E-state index contributed by atoms with van der Waals surface area (Å²) in [6.45, 7) is 3.28. The van der Waals surface area contributed by atoms with Gasteiger partial charge in [0.15, 0.2) is 9.84 Å². The second kappa shape index (κ2) is 7.15. The number of carbonyl (C=O) groups is 2. The molecule has 0 unspecified atom stereocenters. The molecule has 1 aliphatic heterocycles. The average Bonchev–Trinajstić information content (AvgIpc) is 2.89. The first-order chi connectivity index (χ1) is 12.7. The number of fused-ring (bicyclic) bond motifs is 1. The Morgan fingerprint density at radius 1 is 1.15 bits per heavy atom. The van der Waals surface area contributed by atoms with Gasteiger partial charge in [-0.2, -0.15) is 0 Å². The minimum Gasteiger partial charge on any atom is -0.326 e. The Balaban J connectivity index is 1.67. The minimum absolute atomic E-state index is 0.0323. The highest BCUT2D eigenvalue weighted by Gasteiger charge is 2.24. The highest BCUT2D eigenvalue weighted by molar-refractivity contribution is 7.92. The summed E-state index contributed by atoms with van der Waals surface area (Å²) in [4.78, 5) is 25.9. The van der Waals surface area contributed by atoms with Crippen molar-refractivity contribution in [3.8, 4) is 0 Å². The van der Waals surface area contributed by atoms with Gasteiger partial charge < -0.3 is 10.2 Å². The standard InChI is InChI=1S/C20H22N2O4S/c1-13(2)27(25,26)17-7-4-14(5-8-17)10-19(23)21-16-6-9-18-15(11-16)12-20(24)22(18)3/h4-9,11,13H,10,12H2,1-3H3,(H,21,23). The van der Waals surface area contributed by atoms with E-state index in [0.717, 1.165) is 16.8 Å². The summed E-state index contributed by atoms with van der Waals surface area (Å²) in [5.41, 5.74) is 3.12. The van der Waals surface area contributed by atoms with Crippen molar-refractivity contribution in [3.05, 3.63) is 53.6 Å². The predicted molar refractivity (Wildman–Crippen MR) is 105 cm³/mol. The molecule has 6 nitrogen and oxygen atoms in total. The van der Waals surface area contributed by atoms with E-state index in [1.165, 1.54) is 12.1 Å². The summed E-state index contributed by atoms with van der Waals surface area (Å²) in [7, 11) is -1.59. The Kier molecular flexibility index (Phi) is 5.06. The van der Waals surface area contributed by atoms with Crippen LogP contribution in [-0.4, -0.2) is 32.5 Å². The van der Waals surface area contributed by atoms with Gasteiger partial charge in [-0.25, -0.2) is 8.42 Å². The summed E-state index contributed by atoms with van der Waals surface area (Å²) in [5, 5.41) is 2.34. The molecular formula is C20H22N2O4S. The van der Waals surface area contributed by atoms with E-state index in [1.807, 2.05) is 12.1 Å². The number of anilines is 2. The van der Waals surface area contributed by atoms with Gasteiger partial charge in [0.1, 0.15) is 0 Å². The molecule has 0 atom stereocenters. The number of benzene rings is 2. The van der Waals surface area contributed by atoms with Gasteiger partial charge >= 0.3 is 0 Å². The van der Waals surface area contributed by atoms with Crippen LogP contribution < -0.4 is 10.2 Å². The fourth-order valence-electron chi connectivity index (χ4n) is 3.01. The molecule has 0 saturated heterocycles. The van der Waals surface area contributed by atoms with Crippen molar-refractivity contribution < 1.29 is 18.0 Å². The van der Waals surface area contributed by atoms with Crippen LogP contribution in [0.4, 0.5) is 11.4 Å². The summed E-state index contributed by atoms with van der Waals surface area (Å²) < 4.78 is 24.3. The fourth-order valence-corrected chi connectivity index (χ4v) is 4.07. The molecule has 7 heteroatoms. The zero-order chi connectivity index (χ0) is 19.8. The van der Waals surface area contributed by atoms with E-state index >= 15 is 0 Å². The van der Waals surface area contributed by atoms with Crippen LogP contribution in [0.1, 0.15) is 25.0 Å². The lowest BCUT2D eigenvalue weighted by molar-refractivity contribution is -0.117. The van der Waals surface area contributed by atoms with Crippen LogP contribution in [0.5, 0.6) is 0 Å². The van der Waals surface area contributed by atoms with Crippen LogP contribution in [-0.2, 0) is 32.3 Å². The Morgan fingerprint density at radius 2 is 1.81 bits per heavy atom. The Hall–Kier alpha value is -2.67. The summed E-state index contributed by atoms with van der Waals surface area (Å²) >= 11 is 0. The number of amides is 2. The quantitative estimate of drug-likeness (QED) is 0.856. The molecule has 0 aromatic heterocycles. The monoisotopic (exact) mass is 386 g/mol. The molecule has 0 aliphatic carbocycles. The zero-order valence-corrected chi connectivity index (χ0v) is 16.3. The van der Waals surface area contributed by atoms with Crippen molar-refractivity contribution in [3.63, 3.8) is 0 Å². The van der Waals surface area contributed by atoms with Crippen molar-refractivity contribution in [1.29, 1.82) is 0 Å². The van der Waals surface area contributed by atoms with Crippen molar-refractivity contribution in [2.24, 2.45) is 0 Å². The average molecular weight is 386 g/mol. The van der Waals surface area contributed by atoms with Gasteiger partial charge in [-0.1, -0.05) is 12.1 Å². The molecule has 27 heavy (non-hydrogen) atoms. The molecule has 3 rings (SSSR count). The highest BCUT2D eigenvalue weighted by atomic mass is 32.2. The molecule has 0 bridgehead atoms. The number of nitrogens with zero attached hydrogens (tertiary/aromatic N) is 1. The smallest absolute Gasteiger partial charge is 0.231 e. The lowest BCUT2D eigenvalue weighted by Crippen LogP contribution is -2.20. The lowest BCUT2D eigenvalue weighted by atomic mass is 10.1. The molecule has 0 spiro atoms. The zero-order valence-electron chi connectivity index (χ0n) is 15.5. The maximum Gasteiger partial charge on any atom is 0.231 e. The molecule has 0 radical (unpaired) electrons. The van der Waals surface area contributed by atoms with Crippen LogP contribution in [0.25, 0.3) is 0 Å². The fraction of sp³-hybridized carbons (Fsp3) is 0.300. The number of rotatable bonds is 5. The van der Waals surface area contributed by atoms with Gasteiger partial charge in [0, 0.05) is 18.4 Å². The third kappa shape index (κ3) is 3.88. The Bertz CT molecular complexity index is 995. The van der Waals surface area contributed by atoms with Crippen LogP contribution in [0.3, 0.4) is 0 Å². The SMILES string of the molecule is CC(C)S(=O)(=O)c1ccc(CC(=O)Nc2ccc3c(c2)CC(=O)N3C)cc1. The molecule has 1 N–H and O–H groups in total. The van der Waals surface area contributed by atoms with Gasteiger partial charge in [-0.15, -0.1) is 0 Å². The number of carbonyl (C=O) groups excluding carboxylic acids is 2. The second-order valence-electron chi connectivity index (χ2n) is 6.94. The van der Waals surface area contributed by atoms with Gasteiger partial charge in [-0.3, -0.25) is 9.59 Å². The van der Waals surface area contributed by atoms with Gasteiger partial charge in [-0.05, 0) is 55.3 Å². The van der Waals surface area contributed by atoms with E-state index in [0.29, 0.717) is 12.1 Å². The number of hydrogen-bond acceptors (Lipinski definition) is 4. The molecular weight excluding hydrogens is 364 g/mol. The Labute approximate surface area is 159 Å². The van der Waals surface area contributed by atoms with Gasteiger partial charge in [0.05, 0.1) is 23.0 Å². The maximum atomic E-state index is 12.3. The van der Waals surface area contributed by atoms with E-state index in [9.17, 15) is 18.0 Å². The van der Waals surface area contributed by atoms with Crippen LogP contribution in [0, 0.1) is 0 Å². The van der Waals surface area contributed by atoms with Gasteiger partial charge in [0.25, 0.3) is 0 Å². The molecule has 2 amide bonds. The summed E-state index contributed by atoms with van der Waals surface area (Å²) in [5.74, 6) is -0.169. The largest absolute Gasteiger partial charge is 0.326 e. The number of hydrogen-bond donors (Lipinski definition) is 1. The number of likely N-dealkylation sites (N-methyl/N-ethyl adjacent to an activating group) is 1. The first kappa shape index (κ1) is 19.1. The molecule has 1 heterocycles. The van der Waals surface area contributed by atoms with Crippen molar-refractivity contribution >= 4 is 33.0 Å². The summed E-state index contributed by atoms with van der Waals surface area (Å²) in [6.07, 6.45) is 0.471. The van der Waals surface area contributed by atoms with E-state index in [2.05, 4.69) is 5.32 Å². The molecule has 1 aliphatic rings. The van der Waals surface area contributed by atoms with Crippen molar-refractivity contribution in [1.82, 2.24) is 0 Å². The van der Waals surface area contributed by atoms with Crippen LogP contribution in [0.15, 0.2) is 47.4 Å². The number of sulfone groups is 1. The first-order valence-electron chi connectivity index (χ1n) is 8.70. The topological polar surface area (TPSA) is 83.5 Å². The first-order valence-corrected chi connectivity index (χ1v) is 10.3. The van der Waals surface area contributed by atoms with Gasteiger partial charge in [0.2, 0.25) is 11.8 Å². The van der Waals surface area contributed by atoms with E-state index in [1.54, 1.807) is 44.0 Å². The van der Waals surface area contributed by atoms with E-state index in [-0.39, 0.29) is 23.1 Å². The van der Waals surface area contributed by atoms with E-state index in [4.69, 9.17) is 0 Å². The normalized spacial score (nSPS) is 13.8. The lowest BCUT2D eigenvalue weighted by Gasteiger charge is -2.11. The Morgan fingerprint density at radius 3 is 2.44 bits per heavy atom. The number of nitrogens with one attached hydrogen (secondary N) is 1. The maximum absolute atomic E-state index is 12.3. The molecule has 0 fully saturated rings. The van der Waals surface area contributed by atoms with E-state index < -0.39 is 15.1 Å². The third-order valence-corrected chi connectivity index (χ3v) is 6.85. The van der Waals surface area contributed by atoms with Crippen LogP contribution >= 0.6 is 0 Å². The molecule has 2 aromatic rings. The second-order valence-corrected chi connectivity index (χ2v) is 9.44. The third-order valence-electron chi connectivity index (χ3n) is 4.68. The van der Waals surface area contributed by atoms with Crippen molar-refractivity contribution in [2.75, 3.05) is 17.3 Å². The summed E-state index contributed by atoms with van der Waals surface area (Å²) in [6, 6.07) is 11.8. The molecule has 2 aromatic carbocycles. The molecule has 142 valence electrons. The molecule has 0 saturated carbocycles. The van der Waals surface area contributed by atoms with Crippen LogP contribution in [0.2, 0.25) is 0 Å². The minimum atomic E-state index is -3.32.